The highest BCUT2D eigenvalue weighted by Crippen LogP contribution is 2.45. The molecule has 6 atom stereocenters. The molecular formula is C85H166O17P2. The van der Waals surface area contributed by atoms with Crippen LogP contribution < -0.4 is 0 Å². The Bertz CT molecular complexity index is 2030. The van der Waals surface area contributed by atoms with Crippen LogP contribution in [0.25, 0.3) is 0 Å². The summed E-state index contributed by atoms with van der Waals surface area (Å²) in [5.74, 6) is 1.05. The van der Waals surface area contributed by atoms with Gasteiger partial charge in [0.1, 0.15) is 19.3 Å². The Kier molecular flexibility index (Phi) is 72.5. The van der Waals surface area contributed by atoms with Gasteiger partial charge in [0.25, 0.3) is 0 Å². The lowest BCUT2D eigenvalue weighted by Crippen LogP contribution is -2.30. The van der Waals surface area contributed by atoms with Crippen LogP contribution in [0.3, 0.4) is 0 Å². The number of hydrogen-bond donors (Lipinski definition) is 3. The molecule has 19 heteroatoms. The van der Waals surface area contributed by atoms with Crippen molar-refractivity contribution >= 4 is 39.5 Å². The average molecular weight is 1520 g/mol. The summed E-state index contributed by atoms with van der Waals surface area (Å²) in [6.07, 6.45) is 62.5. The monoisotopic (exact) mass is 1520 g/mol. The standard InChI is InChI=1S/C85H166O17P2/c1-9-78(8)64-56-48-40-32-24-20-16-12-10-11-13-17-22-26-34-43-51-59-67-84(89)101-80(71-95-82(87)65-57-49-41-33-25-21-18-14-15-19-23-29-37-45-53-61-75(2)3)73-99-103(91,92)97-69-79(86)70-98-104(93,94)100-74-81(102-85(90)68-60-52-44-36-28-31-39-47-55-63-77(6)7)72-96-83(88)66-58-50-42-35-27-30-38-46-54-62-76(4)5/h75-81,86H,9-74H2,1-8H3,(H,91,92)(H,93,94)/t78?,79-,80-,81-/m1/s1. The van der Waals surface area contributed by atoms with E-state index in [9.17, 15) is 43.2 Å². The number of esters is 4. The van der Waals surface area contributed by atoms with Gasteiger partial charge in [-0.3, -0.25) is 37.3 Å². The first-order valence-corrected chi connectivity index (χ1v) is 46.7. The van der Waals surface area contributed by atoms with Gasteiger partial charge in [0.05, 0.1) is 26.4 Å². The van der Waals surface area contributed by atoms with Crippen LogP contribution in [0.15, 0.2) is 0 Å². The summed E-state index contributed by atoms with van der Waals surface area (Å²) >= 11 is 0. The molecule has 17 nitrogen and oxygen atoms in total. The van der Waals surface area contributed by atoms with Gasteiger partial charge >= 0.3 is 39.5 Å². The van der Waals surface area contributed by atoms with Crippen molar-refractivity contribution < 1.29 is 80.2 Å². The van der Waals surface area contributed by atoms with E-state index in [0.717, 1.165) is 114 Å². The van der Waals surface area contributed by atoms with Crippen molar-refractivity contribution in [2.24, 2.45) is 23.7 Å². The van der Waals surface area contributed by atoms with Gasteiger partial charge in [0.15, 0.2) is 12.2 Å². The van der Waals surface area contributed by atoms with E-state index < -0.39 is 97.5 Å². The summed E-state index contributed by atoms with van der Waals surface area (Å²) in [6.45, 7) is 14.3. The van der Waals surface area contributed by atoms with Gasteiger partial charge in [0, 0.05) is 25.7 Å². The van der Waals surface area contributed by atoms with Crippen molar-refractivity contribution in [1.82, 2.24) is 0 Å². The second kappa shape index (κ2) is 73.8. The highest BCUT2D eigenvalue weighted by molar-refractivity contribution is 7.47. The van der Waals surface area contributed by atoms with E-state index in [-0.39, 0.29) is 25.7 Å². The number of phosphoric acid groups is 2. The molecule has 0 aliphatic carbocycles. The highest BCUT2D eigenvalue weighted by atomic mass is 31.2. The number of carbonyl (C=O) groups excluding carboxylic acids is 4. The number of aliphatic hydroxyl groups excluding tert-OH is 1. The van der Waals surface area contributed by atoms with Crippen LogP contribution in [-0.4, -0.2) is 96.7 Å². The van der Waals surface area contributed by atoms with E-state index in [2.05, 4.69) is 55.4 Å². The number of rotatable bonds is 82. The van der Waals surface area contributed by atoms with Crippen molar-refractivity contribution in [1.29, 1.82) is 0 Å². The molecule has 0 heterocycles. The van der Waals surface area contributed by atoms with Crippen molar-refractivity contribution in [3.8, 4) is 0 Å². The Balaban J connectivity index is 5.23. The summed E-state index contributed by atoms with van der Waals surface area (Å²) in [6, 6.07) is 0. The van der Waals surface area contributed by atoms with E-state index in [0.29, 0.717) is 25.7 Å². The normalized spacial score (nSPS) is 14.2. The molecule has 0 fully saturated rings. The molecule has 0 aromatic carbocycles. The maximum atomic E-state index is 13.1. The van der Waals surface area contributed by atoms with E-state index in [1.165, 1.54) is 244 Å². The summed E-state index contributed by atoms with van der Waals surface area (Å²) in [7, 11) is -9.93. The van der Waals surface area contributed by atoms with Gasteiger partial charge in [-0.15, -0.1) is 0 Å². The minimum atomic E-state index is -4.97. The SMILES string of the molecule is CCC(C)CCCCCCCCCCCCCCCCCCCCC(=O)O[C@H](COC(=O)CCCCCCCCCCCCCCCCCC(C)C)COP(=O)(O)OC[C@@H](O)COP(=O)(O)OC[C@@H](COC(=O)CCCCCCCCCCCC(C)C)OC(=O)CCCCCCCCCCCC(C)C. The van der Waals surface area contributed by atoms with E-state index in [1.807, 2.05) is 0 Å². The summed E-state index contributed by atoms with van der Waals surface area (Å²) in [5, 5.41) is 10.7. The molecule has 0 radical (unpaired) electrons. The Morgan fingerprint density at radius 2 is 0.462 bits per heavy atom. The minimum absolute atomic E-state index is 0.105. The lowest BCUT2D eigenvalue weighted by molar-refractivity contribution is -0.161. The van der Waals surface area contributed by atoms with Crippen molar-refractivity contribution in [2.45, 2.75) is 459 Å². The molecule has 104 heavy (non-hydrogen) atoms. The van der Waals surface area contributed by atoms with Gasteiger partial charge < -0.3 is 33.8 Å². The first-order chi connectivity index (χ1) is 50.1. The zero-order valence-corrected chi connectivity index (χ0v) is 70.5. The number of phosphoric ester groups is 2. The average Bonchev–Trinajstić information content (AvgIpc) is 0.906. The fourth-order valence-electron chi connectivity index (χ4n) is 13.1. The van der Waals surface area contributed by atoms with Crippen LogP contribution in [0.1, 0.15) is 441 Å². The Morgan fingerprint density at radius 3 is 0.683 bits per heavy atom. The fraction of sp³-hybridized carbons (Fsp3) is 0.953. The second-order valence-corrected chi connectivity index (χ2v) is 35.2. The maximum Gasteiger partial charge on any atom is 0.472 e. The number of hydrogen-bond acceptors (Lipinski definition) is 15. The number of aliphatic hydroxyl groups is 1. The van der Waals surface area contributed by atoms with Crippen LogP contribution in [-0.2, 0) is 65.4 Å². The van der Waals surface area contributed by atoms with Crippen LogP contribution in [0.4, 0.5) is 0 Å². The zero-order chi connectivity index (χ0) is 76.7. The van der Waals surface area contributed by atoms with Crippen LogP contribution in [0.5, 0.6) is 0 Å². The molecule has 618 valence electrons. The summed E-state index contributed by atoms with van der Waals surface area (Å²) in [4.78, 5) is 73.2. The molecule has 3 N–H and O–H groups in total. The highest BCUT2D eigenvalue weighted by Gasteiger charge is 2.30. The van der Waals surface area contributed by atoms with Gasteiger partial charge in [0.2, 0.25) is 0 Å². The molecule has 0 aliphatic rings. The Labute approximate surface area is 638 Å². The molecule has 0 aromatic rings. The second-order valence-electron chi connectivity index (χ2n) is 32.2. The third-order valence-electron chi connectivity index (χ3n) is 20.2. The van der Waals surface area contributed by atoms with Crippen LogP contribution in [0.2, 0.25) is 0 Å². The molecule has 0 amide bonds. The predicted molar refractivity (Wildman–Crippen MR) is 428 cm³/mol. The molecule has 0 rings (SSSR count). The Hall–Kier alpha value is -1.94. The number of unbranched alkanes of at least 4 members (excludes halogenated alkanes) is 47. The lowest BCUT2D eigenvalue weighted by atomic mass is 9.99. The molecule has 0 saturated carbocycles. The molecule has 0 spiro atoms. The van der Waals surface area contributed by atoms with Gasteiger partial charge in [-0.2, -0.15) is 0 Å². The molecule has 0 aromatic heterocycles. The van der Waals surface area contributed by atoms with E-state index >= 15 is 0 Å². The smallest absolute Gasteiger partial charge is 0.462 e. The van der Waals surface area contributed by atoms with Crippen LogP contribution >= 0.6 is 15.6 Å². The molecule has 0 aliphatic heterocycles. The first-order valence-electron chi connectivity index (χ1n) is 43.7. The predicted octanol–water partition coefficient (Wildman–Crippen LogP) is 25.6. The summed E-state index contributed by atoms with van der Waals surface area (Å²) < 4.78 is 68.8. The Morgan fingerprint density at radius 1 is 0.269 bits per heavy atom. The first kappa shape index (κ1) is 102. The van der Waals surface area contributed by atoms with Crippen molar-refractivity contribution in [3.05, 3.63) is 0 Å². The van der Waals surface area contributed by atoms with Crippen LogP contribution in [0, 0.1) is 23.7 Å². The van der Waals surface area contributed by atoms with Gasteiger partial charge in [-0.25, -0.2) is 9.13 Å². The van der Waals surface area contributed by atoms with Crippen molar-refractivity contribution in [3.63, 3.8) is 0 Å². The van der Waals surface area contributed by atoms with Gasteiger partial charge in [-0.1, -0.05) is 389 Å². The van der Waals surface area contributed by atoms with Gasteiger partial charge in [-0.05, 0) is 49.4 Å². The number of ether oxygens (including phenoxy) is 4. The largest absolute Gasteiger partial charge is 0.472 e. The zero-order valence-electron chi connectivity index (χ0n) is 68.7. The minimum Gasteiger partial charge on any atom is -0.462 e. The third kappa shape index (κ3) is 76.8. The molecule has 0 saturated heterocycles. The molecule has 0 bridgehead atoms. The van der Waals surface area contributed by atoms with Crippen molar-refractivity contribution in [2.75, 3.05) is 39.6 Å². The number of carbonyl (C=O) groups is 4. The topological polar surface area (TPSA) is 237 Å². The summed E-state index contributed by atoms with van der Waals surface area (Å²) in [5.41, 5.74) is 0. The van der Waals surface area contributed by atoms with E-state index in [1.54, 1.807) is 0 Å². The lowest BCUT2D eigenvalue weighted by Gasteiger charge is -2.21. The van der Waals surface area contributed by atoms with E-state index in [4.69, 9.17) is 37.0 Å². The quantitative estimate of drug-likeness (QED) is 0.0222. The third-order valence-corrected chi connectivity index (χ3v) is 22.1. The molecule has 3 unspecified atom stereocenters. The maximum absolute atomic E-state index is 13.1. The fourth-order valence-corrected chi connectivity index (χ4v) is 14.7. The molecular weight excluding hydrogens is 1350 g/mol.